The van der Waals surface area contributed by atoms with Crippen molar-refractivity contribution in [3.8, 4) is 0 Å². The van der Waals surface area contributed by atoms with Crippen LogP contribution in [-0.4, -0.2) is 64.9 Å². The lowest BCUT2D eigenvalue weighted by Gasteiger charge is -2.40. The van der Waals surface area contributed by atoms with Crippen molar-refractivity contribution in [1.29, 1.82) is 0 Å². The number of hydrogen-bond acceptors (Lipinski definition) is 4. The topological polar surface area (TPSA) is 119 Å². The van der Waals surface area contributed by atoms with Gasteiger partial charge < -0.3 is 15.7 Å². The standard InChI is InChI=1S/C24H21ClF4N4O5/c25-17-4-2-1-3-16(17)20(21(35)30-14-8-24(28,29)9-14)33(15-6-12(26)5-13(27)7-15)22(36)18-10-32(23(37)38)11-19(34)31-18/h1-7,14,18,20H,8-11H2,(H,30,35)(H,31,34)(H,37,38). The van der Waals surface area contributed by atoms with Crippen LogP contribution >= 0.6 is 11.6 Å². The first-order valence-electron chi connectivity index (χ1n) is 11.3. The quantitative estimate of drug-likeness (QED) is 0.473. The number of carboxylic acid groups (broad SMARTS) is 1. The fraction of sp³-hybridized carbons (Fsp3) is 0.333. The zero-order valence-corrected chi connectivity index (χ0v) is 20.2. The van der Waals surface area contributed by atoms with Crippen molar-refractivity contribution < 1.29 is 41.8 Å². The van der Waals surface area contributed by atoms with Gasteiger partial charge in [-0.15, -0.1) is 0 Å². The monoisotopic (exact) mass is 556 g/mol. The largest absolute Gasteiger partial charge is 0.465 e. The van der Waals surface area contributed by atoms with E-state index in [2.05, 4.69) is 10.6 Å². The molecule has 1 heterocycles. The number of benzene rings is 2. The van der Waals surface area contributed by atoms with Crippen molar-refractivity contribution in [3.05, 3.63) is 64.7 Å². The molecule has 0 radical (unpaired) electrons. The fourth-order valence-corrected chi connectivity index (χ4v) is 4.66. The molecule has 4 amide bonds. The molecular formula is C24H21ClF4N4O5. The van der Waals surface area contributed by atoms with Crippen LogP contribution in [0.15, 0.2) is 42.5 Å². The molecule has 202 valence electrons. The third-order valence-corrected chi connectivity index (χ3v) is 6.49. The Bertz CT molecular complexity index is 1270. The number of alkyl halides is 2. The van der Waals surface area contributed by atoms with E-state index in [4.69, 9.17) is 11.6 Å². The van der Waals surface area contributed by atoms with Crippen molar-refractivity contribution in [2.24, 2.45) is 0 Å². The van der Waals surface area contributed by atoms with Crippen LogP contribution in [0.5, 0.6) is 0 Å². The summed E-state index contributed by atoms with van der Waals surface area (Å²) < 4.78 is 55.4. The molecule has 2 aliphatic rings. The minimum atomic E-state index is -2.98. The van der Waals surface area contributed by atoms with Crippen molar-refractivity contribution in [3.63, 3.8) is 0 Å². The Kier molecular flexibility index (Phi) is 7.49. The van der Waals surface area contributed by atoms with Crippen LogP contribution in [0.2, 0.25) is 5.02 Å². The van der Waals surface area contributed by atoms with E-state index in [-0.39, 0.29) is 10.6 Å². The van der Waals surface area contributed by atoms with Crippen molar-refractivity contribution >= 4 is 41.1 Å². The van der Waals surface area contributed by atoms with Gasteiger partial charge in [0.25, 0.3) is 11.8 Å². The van der Waals surface area contributed by atoms with Gasteiger partial charge >= 0.3 is 6.09 Å². The number of piperazine rings is 1. The molecule has 0 aromatic heterocycles. The summed E-state index contributed by atoms with van der Waals surface area (Å²) >= 11 is 6.32. The number of carbonyl (C=O) groups excluding carboxylic acids is 3. The first-order chi connectivity index (χ1) is 17.8. The second-order valence-electron chi connectivity index (χ2n) is 9.01. The molecule has 0 spiro atoms. The second kappa shape index (κ2) is 10.5. The Hall–Kier alpha value is -3.87. The van der Waals surface area contributed by atoms with Gasteiger partial charge in [-0.1, -0.05) is 29.8 Å². The normalized spacial score (nSPS) is 19.7. The van der Waals surface area contributed by atoms with Crippen LogP contribution in [0.3, 0.4) is 0 Å². The van der Waals surface area contributed by atoms with E-state index in [1.54, 1.807) is 0 Å². The van der Waals surface area contributed by atoms with Crippen LogP contribution in [0.4, 0.5) is 28.0 Å². The Morgan fingerprint density at radius 1 is 1.13 bits per heavy atom. The van der Waals surface area contributed by atoms with Crippen LogP contribution in [0, 0.1) is 11.6 Å². The van der Waals surface area contributed by atoms with Gasteiger partial charge in [0.2, 0.25) is 11.8 Å². The van der Waals surface area contributed by atoms with Gasteiger partial charge in [-0.2, -0.15) is 0 Å². The summed E-state index contributed by atoms with van der Waals surface area (Å²) in [5.41, 5.74) is -0.457. The molecule has 9 nitrogen and oxygen atoms in total. The smallest absolute Gasteiger partial charge is 0.407 e. The number of rotatable bonds is 6. The number of amides is 4. The predicted octanol–water partition coefficient (Wildman–Crippen LogP) is 3.08. The molecule has 2 atom stereocenters. The Morgan fingerprint density at radius 3 is 2.34 bits per heavy atom. The van der Waals surface area contributed by atoms with E-state index < -0.39 is 91.1 Å². The molecule has 2 aromatic rings. The lowest BCUT2D eigenvalue weighted by atomic mass is 9.87. The summed E-state index contributed by atoms with van der Waals surface area (Å²) in [7, 11) is 0. The number of nitrogens with one attached hydrogen (secondary N) is 2. The van der Waals surface area contributed by atoms with E-state index in [9.17, 15) is 41.8 Å². The molecule has 0 bridgehead atoms. The van der Waals surface area contributed by atoms with Crippen LogP contribution in [0.25, 0.3) is 0 Å². The van der Waals surface area contributed by atoms with Crippen LogP contribution < -0.4 is 15.5 Å². The Labute approximate surface area is 218 Å². The molecule has 1 saturated heterocycles. The highest BCUT2D eigenvalue weighted by molar-refractivity contribution is 6.31. The molecule has 1 aliphatic carbocycles. The molecule has 4 rings (SSSR count). The summed E-state index contributed by atoms with van der Waals surface area (Å²) in [6, 6.07) is 3.56. The summed E-state index contributed by atoms with van der Waals surface area (Å²) in [4.78, 5) is 52.4. The molecule has 2 fully saturated rings. The maximum absolute atomic E-state index is 14.3. The van der Waals surface area contributed by atoms with Crippen molar-refractivity contribution in [2.45, 2.75) is 36.9 Å². The highest BCUT2D eigenvalue weighted by Gasteiger charge is 2.48. The maximum Gasteiger partial charge on any atom is 0.407 e. The van der Waals surface area contributed by atoms with Gasteiger partial charge in [0.15, 0.2) is 0 Å². The highest BCUT2D eigenvalue weighted by atomic mass is 35.5. The molecule has 2 unspecified atom stereocenters. The number of hydrogen-bond donors (Lipinski definition) is 3. The Balaban J connectivity index is 1.81. The van der Waals surface area contributed by atoms with Gasteiger partial charge in [-0.3, -0.25) is 24.2 Å². The fourth-order valence-electron chi connectivity index (χ4n) is 4.42. The minimum absolute atomic E-state index is 0.00648. The lowest BCUT2D eigenvalue weighted by Crippen LogP contribution is -2.62. The highest BCUT2D eigenvalue weighted by Crippen LogP contribution is 2.39. The van der Waals surface area contributed by atoms with Gasteiger partial charge in [-0.05, 0) is 18.2 Å². The van der Waals surface area contributed by atoms with Crippen LogP contribution in [-0.2, 0) is 14.4 Å². The first kappa shape index (κ1) is 27.2. The van der Waals surface area contributed by atoms with Gasteiger partial charge in [0.05, 0.1) is 12.2 Å². The molecule has 1 aliphatic heterocycles. The molecule has 1 saturated carbocycles. The van der Waals surface area contributed by atoms with E-state index in [1.807, 2.05) is 0 Å². The zero-order valence-electron chi connectivity index (χ0n) is 19.5. The molecule has 3 N–H and O–H groups in total. The molecular weight excluding hydrogens is 536 g/mol. The van der Waals surface area contributed by atoms with Gasteiger partial charge in [0.1, 0.15) is 30.3 Å². The summed E-state index contributed by atoms with van der Waals surface area (Å²) in [6.07, 6.45) is -2.79. The van der Waals surface area contributed by atoms with Gasteiger partial charge in [0, 0.05) is 35.5 Å². The number of carbonyl (C=O) groups is 4. The SMILES string of the molecule is O=C1CN(C(=O)O)CC(C(=O)N(c2cc(F)cc(F)c2)C(C(=O)NC2CC(F)(F)C2)c2ccccc2Cl)N1. The van der Waals surface area contributed by atoms with E-state index in [0.29, 0.717) is 15.9 Å². The van der Waals surface area contributed by atoms with Crippen LogP contribution in [0.1, 0.15) is 24.4 Å². The van der Waals surface area contributed by atoms with E-state index in [1.165, 1.54) is 24.3 Å². The lowest BCUT2D eigenvalue weighted by molar-refractivity contribution is -0.134. The van der Waals surface area contributed by atoms with Crippen molar-refractivity contribution in [2.75, 3.05) is 18.0 Å². The summed E-state index contributed by atoms with van der Waals surface area (Å²) in [6.45, 7) is -1.09. The predicted molar refractivity (Wildman–Crippen MR) is 126 cm³/mol. The van der Waals surface area contributed by atoms with Gasteiger partial charge in [-0.25, -0.2) is 22.4 Å². The number of anilines is 1. The summed E-state index contributed by atoms with van der Waals surface area (Å²) in [5, 5.41) is 14.1. The zero-order chi connectivity index (χ0) is 27.8. The average Bonchev–Trinajstić information content (AvgIpc) is 2.80. The second-order valence-corrected chi connectivity index (χ2v) is 9.42. The van der Waals surface area contributed by atoms with Crippen molar-refractivity contribution in [1.82, 2.24) is 15.5 Å². The molecule has 2 aromatic carbocycles. The van der Waals surface area contributed by atoms with E-state index in [0.717, 1.165) is 12.1 Å². The summed E-state index contributed by atoms with van der Waals surface area (Å²) in [5.74, 6) is -8.07. The maximum atomic E-state index is 14.3. The third kappa shape index (κ3) is 5.82. The minimum Gasteiger partial charge on any atom is -0.465 e. The first-order valence-corrected chi connectivity index (χ1v) is 11.7. The Morgan fingerprint density at radius 2 is 1.76 bits per heavy atom. The average molecular weight is 557 g/mol. The molecule has 38 heavy (non-hydrogen) atoms. The van der Waals surface area contributed by atoms with E-state index >= 15 is 0 Å². The molecule has 14 heteroatoms. The number of halogens is 5. The third-order valence-electron chi connectivity index (χ3n) is 6.15. The number of nitrogens with zero attached hydrogens (tertiary/aromatic N) is 2.